The van der Waals surface area contributed by atoms with E-state index < -0.39 is 0 Å². The molecule has 0 bridgehead atoms. The van der Waals surface area contributed by atoms with Gasteiger partial charge in [-0.15, -0.1) is 0 Å². The van der Waals surface area contributed by atoms with Crippen LogP contribution in [0.4, 0.5) is 0 Å². The van der Waals surface area contributed by atoms with Gasteiger partial charge in [0.05, 0.1) is 22.6 Å². The number of hydrogen-bond donors (Lipinski definition) is 1. The summed E-state index contributed by atoms with van der Waals surface area (Å²) in [6, 6.07) is 7.45. The number of nitrogens with zero attached hydrogens (tertiary/aromatic N) is 2. The molecule has 1 unspecified atom stereocenters. The zero-order chi connectivity index (χ0) is 15.7. The predicted octanol–water partition coefficient (Wildman–Crippen LogP) is 1.96. The molecule has 5 heteroatoms. The molecule has 2 heterocycles. The molecule has 118 valence electrons. The van der Waals surface area contributed by atoms with Crippen molar-refractivity contribution in [3.05, 3.63) is 40.4 Å². The van der Waals surface area contributed by atoms with Crippen LogP contribution in [0.2, 0.25) is 0 Å². The molecule has 1 fully saturated rings. The minimum Gasteiger partial charge on any atom is -0.370 e. The van der Waals surface area contributed by atoms with Crippen molar-refractivity contribution in [1.82, 2.24) is 14.9 Å². The molecule has 22 heavy (non-hydrogen) atoms. The van der Waals surface area contributed by atoms with Crippen LogP contribution in [0.25, 0.3) is 10.9 Å². The van der Waals surface area contributed by atoms with E-state index in [9.17, 15) is 4.79 Å². The Morgan fingerprint density at radius 2 is 2.18 bits per heavy atom. The first-order valence-corrected chi connectivity index (χ1v) is 7.81. The summed E-state index contributed by atoms with van der Waals surface area (Å²) < 4.78 is 5.92. The van der Waals surface area contributed by atoms with E-state index in [0.717, 1.165) is 37.4 Å². The molecule has 3 rings (SSSR count). The lowest BCUT2D eigenvalue weighted by atomic mass is 10.1. The van der Waals surface area contributed by atoms with Gasteiger partial charge in [0.15, 0.2) is 0 Å². The first kappa shape index (κ1) is 15.2. The average Bonchev–Trinajstić information content (AvgIpc) is 2.43. The van der Waals surface area contributed by atoms with Gasteiger partial charge < -0.3 is 9.72 Å². The van der Waals surface area contributed by atoms with Gasteiger partial charge in [-0.25, -0.2) is 4.98 Å². The largest absolute Gasteiger partial charge is 0.370 e. The van der Waals surface area contributed by atoms with Crippen LogP contribution < -0.4 is 5.56 Å². The number of ether oxygens (including phenoxy) is 1. The molecular weight excluding hydrogens is 278 g/mol. The molecule has 1 atom stereocenters. The summed E-state index contributed by atoms with van der Waals surface area (Å²) in [5.41, 5.74) is 0.579. The molecule has 1 N–H and O–H groups in total. The molecule has 0 amide bonds. The third kappa shape index (κ3) is 3.36. The fourth-order valence-corrected chi connectivity index (χ4v) is 3.27. The van der Waals surface area contributed by atoms with Gasteiger partial charge in [0.25, 0.3) is 5.56 Å². The summed E-state index contributed by atoms with van der Waals surface area (Å²) in [5, 5.41) is 0.646. The van der Waals surface area contributed by atoms with Crippen LogP contribution in [0.3, 0.4) is 0 Å². The standard InChI is InChI=1S/C17H23N3O2/c1-12-10-20(11-17(2,3)22-12)9-8-15-18-14-7-5-4-6-13(14)16(21)19-15/h4-7,12H,8-11H2,1-3H3,(H,18,19,21). The highest BCUT2D eigenvalue weighted by molar-refractivity contribution is 5.77. The van der Waals surface area contributed by atoms with E-state index in [0.29, 0.717) is 5.39 Å². The maximum absolute atomic E-state index is 12.1. The van der Waals surface area contributed by atoms with Crippen LogP contribution in [0, 0.1) is 0 Å². The minimum absolute atomic E-state index is 0.0590. The summed E-state index contributed by atoms with van der Waals surface area (Å²) in [6.45, 7) is 9.02. The smallest absolute Gasteiger partial charge is 0.258 e. The fourth-order valence-electron chi connectivity index (χ4n) is 3.27. The van der Waals surface area contributed by atoms with E-state index in [1.165, 1.54) is 0 Å². The van der Waals surface area contributed by atoms with Crippen LogP contribution in [0.5, 0.6) is 0 Å². The zero-order valence-corrected chi connectivity index (χ0v) is 13.4. The number of nitrogens with one attached hydrogen (secondary N) is 1. The van der Waals surface area contributed by atoms with Crippen molar-refractivity contribution >= 4 is 10.9 Å². The first-order chi connectivity index (χ1) is 10.4. The first-order valence-electron chi connectivity index (χ1n) is 7.81. The second kappa shape index (κ2) is 5.82. The number of aromatic nitrogens is 2. The molecule has 0 radical (unpaired) electrons. The van der Waals surface area contributed by atoms with Crippen molar-refractivity contribution in [3.63, 3.8) is 0 Å². The number of hydrogen-bond acceptors (Lipinski definition) is 4. The summed E-state index contributed by atoms with van der Waals surface area (Å²) >= 11 is 0. The summed E-state index contributed by atoms with van der Waals surface area (Å²) in [6.07, 6.45) is 0.968. The maximum atomic E-state index is 12.1. The van der Waals surface area contributed by atoms with Crippen LogP contribution >= 0.6 is 0 Å². The van der Waals surface area contributed by atoms with Crippen molar-refractivity contribution in [2.45, 2.75) is 38.9 Å². The van der Waals surface area contributed by atoms with Gasteiger partial charge in [-0.2, -0.15) is 0 Å². The van der Waals surface area contributed by atoms with Crippen molar-refractivity contribution in [1.29, 1.82) is 0 Å². The van der Waals surface area contributed by atoms with Crippen LogP contribution in [0.1, 0.15) is 26.6 Å². The molecule has 1 aliphatic heterocycles. The van der Waals surface area contributed by atoms with Crippen LogP contribution in [0.15, 0.2) is 29.1 Å². The van der Waals surface area contributed by atoms with Crippen molar-refractivity contribution in [2.24, 2.45) is 0 Å². The molecule has 2 aromatic rings. The van der Waals surface area contributed by atoms with E-state index in [2.05, 4.69) is 35.6 Å². The Hall–Kier alpha value is -1.72. The lowest BCUT2D eigenvalue weighted by molar-refractivity contribution is -0.128. The maximum Gasteiger partial charge on any atom is 0.258 e. The lowest BCUT2D eigenvalue weighted by Gasteiger charge is -2.41. The molecule has 0 aliphatic carbocycles. The minimum atomic E-state index is -0.123. The Kier molecular flexibility index (Phi) is 4.02. The Morgan fingerprint density at radius 1 is 1.41 bits per heavy atom. The normalized spacial score (nSPS) is 22.0. The number of rotatable bonds is 3. The van der Waals surface area contributed by atoms with E-state index >= 15 is 0 Å². The quantitative estimate of drug-likeness (QED) is 0.941. The SMILES string of the molecule is CC1CN(CCc2nc3ccccc3c(=O)[nH]2)CC(C)(C)O1. The van der Waals surface area contributed by atoms with Gasteiger partial charge in [-0.3, -0.25) is 9.69 Å². The zero-order valence-electron chi connectivity index (χ0n) is 13.4. The predicted molar refractivity (Wildman–Crippen MR) is 87.1 cm³/mol. The van der Waals surface area contributed by atoms with Gasteiger partial charge in [-0.1, -0.05) is 12.1 Å². The number of aromatic amines is 1. The molecule has 1 saturated heterocycles. The van der Waals surface area contributed by atoms with Crippen molar-refractivity contribution in [3.8, 4) is 0 Å². The number of para-hydroxylation sites is 1. The molecule has 0 spiro atoms. The highest BCUT2D eigenvalue weighted by Gasteiger charge is 2.30. The number of fused-ring (bicyclic) bond motifs is 1. The van der Waals surface area contributed by atoms with Gasteiger partial charge >= 0.3 is 0 Å². The Labute approximate surface area is 130 Å². The Bertz CT molecular complexity index is 723. The fraction of sp³-hybridized carbons (Fsp3) is 0.529. The monoisotopic (exact) mass is 301 g/mol. The second-order valence-electron chi connectivity index (χ2n) is 6.70. The van der Waals surface area contributed by atoms with Crippen LogP contribution in [-0.2, 0) is 11.2 Å². The van der Waals surface area contributed by atoms with Gasteiger partial charge in [0.1, 0.15) is 5.82 Å². The second-order valence-corrected chi connectivity index (χ2v) is 6.70. The summed E-state index contributed by atoms with van der Waals surface area (Å²) in [5.74, 6) is 0.751. The van der Waals surface area contributed by atoms with E-state index in [-0.39, 0.29) is 17.3 Å². The topological polar surface area (TPSA) is 58.2 Å². The van der Waals surface area contributed by atoms with E-state index in [1.807, 2.05) is 18.2 Å². The van der Waals surface area contributed by atoms with Gasteiger partial charge in [0.2, 0.25) is 0 Å². The molecule has 5 nitrogen and oxygen atoms in total. The third-order valence-electron chi connectivity index (χ3n) is 3.97. The number of benzene rings is 1. The summed E-state index contributed by atoms with van der Waals surface area (Å²) in [7, 11) is 0. The number of H-pyrrole nitrogens is 1. The van der Waals surface area contributed by atoms with Crippen molar-refractivity contribution < 1.29 is 4.74 Å². The summed E-state index contributed by atoms with van der Waals surface area (Å²) in [4.78, 5) is 21.9. The highest BCUT2D eigenvalue weighted by atomic mass is 16.5. The van der Waals surface area contributed by atoms with Gasteiger partial charge in [0, 0.05) is 26.1 Å². The van der Waals surface area contributed by atoms with E-state index in [4.69, 9.17) is 4.74 Å². The molecule has 0 saturated carbocycles. The average molecular weight is 301 g/mol. The van der Waals surface area contributed by atoms with E-state index in [1.54, 1.807) is 6.07 Å². The third-order valence-corrected chi connectivity index (χ3v) is 3.97. The van der Waals surface area contributed by atoms with Gasteiger partial charge in [-0.05, 0) is 32.9 Å². The molecule has 1 aromatic carbocycles. The Morgan fingerprint density at radius 3 is 2.95 bits per heavy atom. The molecule has 1 aliphatic rings. The van der Waals surface area contributed by atoms with Crippen molar-refractivity contribution in [2.75, 3.05) is 19.6 Å². The Balaban J connectivity index is 1.73. The number of morpholine rings is 1. The highest BCUT2D eigenvalue weighted by Crippen LogP contribution is 2.20. The molecule has 1 aromatic heterocycles. The molecular formula is C17H23N3O2. The van der Waals surface area contributed by atoms with Crippen LogP contribution in [-0.4, -0.2) is 46.2 Å². The lowest BCUT2D eigenvalue weighted by Crippen LogP contribution is -2.52.